The summed E-state index contributed by atoms with van der Waals surface area (Å²) in [4.78, 5) is 11.8. The number of nitrogens with one attached hydrogen (secondary N) is 2. The SMILES string of the molecule is NCCOCCNC(=O)Nc1cccc2ccccc12. The Morgan fingerprint density at radius 3 is 2.75 bits per heavy atom. The molecular formula is C15H19N3O2. The number of nitrogens with two attached hydrogens (primary N) is 1. The predicted molar refractivity (Wildman–Crippen MR) is 80.8 cm³/mol. The van der Waals surface area contributed by atoms with Crippen LogP contribution >= 0.6 is 0 Å². The van der Waals surface area contributed by atoms with Crippen LogP contribution in [0.4, 0.5) is 10.5 Å². The first-order valence-corrected chi connectivity index (χ1v) is 6.61. The molecular weight excluding hydrogens is 254 g/mol. The number of ether oxygens (including phenoxy) is 1. The zero-order valence-corrected chi connectivity index (χ0v) is 11.3. The molecule has 0 aliphatic heterocycles. The summed E-state index contributed by atoms with van der Waals surface area (Å²) in [6.45, 7) is 1.91. The molecule has 0 radical (unpaired) electrons. The third-order valence-electron chi connectivity index (χ3n) is 2.83. The number of fused-ring (bicyclic) bond motifs is 1. The third-order valence-corrected chi connectivity index (χ3v) is 2.83. The van der Waals surface area contributed by atoms with Crippen molar-refractivity contribution in [2.24, 2.45) is 5.73 Å². The minimum absolute atomic E-state index is 0.238. The fraction of sp³-hybridized carbons (Fsp3) is 0.267. The molecule has 2 rings (SSSR count). The number of hydrogen-bond donors (Lipinski definition) is 3. The highest BCUT2D eigenvalue weighted by molar-refractivity contribution is 6.01. The van der Waals surface area contributed by atoms with Gasteiger partial charge in [-0.3, -0.25) is 0 Å². The van der Waals surface area contributed by atoms with Gasteiger partial charge in [-0.15, -0.1) is 0 Å². The van der Waals surface area contributed by atoms with Gasteiger partial charge < -0.3 is 21.1 Å². The number of carbonyl (C=O) groups is 1. The molecule has 0 aromatic heterocycles. The molecule has 0 spiro atoms. The summed E-state index contributed by atoms with van der Waals surface area (Å²) in [6, 6.07) is 13.5. The van der Waals surface area contributed by atoms with Gasteiger partial charge in [-0.2, -0.15) is 0 Å². The Hall–Kier alpha value is -2.11. The van der Waals surface area contributed by atoms with E-state index in [0.717, 1.165) is 16.5 Å². The largest absolute Gasteiger partial charge is 0.378 e. The fourth-order valence-electron chi connectivity index (χ4n) is 1.92. The Labute approximate surface area is 118 Å². The molecule has 0 atom stereocenters. The number of anilines is 1. The van der Waals surface area contributed by atoms with Crippen LogP contribution in [0, 0.1) is 0 Å². The average molecular weight is 273 g/mol. The summed E-state index contributed by atoms with van der Waals surface area (Å²) in [7, 11) is 0. The van der Waals surface area contributed by atoms with Crippen molar-refractivity contribution in [2.45, 2.75) is 0 Å². The highest BCUT2D eigenvalue weighted by Gasteiger charge is 2.04. The van der Waals surface area contributed by atoms with Gasteiger partial charge in [0.25, 0.3) is 0 Å². The summed E-state index contributed by atoms with van der Waals surface area (Å²) >= 11 is 0. The van der Waals surface area contributed by atoms with Gasteiger partial charge in [0.2, 0.25) is 0 Å². The number of hydrogen-bond acceptors (Lipinski definition) is 3. The van der Waals surface area contributed by atoms with Crippen LogP contribution in [0.25, 0.3) is 10.8 Å². The van der Waals surface area contributed by atoms with Crippen LogP contribution < -0.4 is 16.4 Å². The third kappa shape index (κ3) is 3.94. The summed E-state index contributed by atoms with van der Waals surface area (Å²) in [5.41, 5.74) is 6.10. The van der Waals surface area contributed by atoms with Gasteiger partial charge in [0.15, 0.2) is 0 Å². The van der Waals surface area contributed by atoms with Gasteiger partial charge >= 0.3 is 6.03 Å². The quantitative estimate of drug-likeness (QED) is 0.704. The zero-order chi connectivity index (χ0) is 14.2. The van der Waals surface area contributed by atoms with E-state index in [1.54, 1.807) is 0 Å². The number of urea groups is 1. The predicted octanol–water partition coefficient (Wildman–Crippen LogP) is 1.94. The molecule has 0 bridgehead atoms. The van der Waals surface area contributed by atoms with Crippen molar-refractivity contribution in [2.75, 3.05) is 31.6 Å². The minimum Gasteiger partial charge on any atom is -0.378 e. The fourth-order valence-corrected chi connectivity index (χ4v) is 1.92. The lowest BCUT2D eigenvalue weighted by Crippen LogP contribution is -2.32. The summed E-state index contributed by atoms with van der Waals surface area (Å²) < 4.78 is 5.19. The van der Waals surface area contributed by atoms with Crippen LogP contribution in [0.3, 0.4) is 0 Å². The first-order chi connectivity index (χ1) is 9.81. The van der Waals surface area contributed by atoms with E-state index in [4.69, 9.17) is 10.5 Å². The summed E-state index contributed by atoms with van der Waals surface area (Å²) in [6.07, 6.45) is 0. The van der Waals surface area contributed by atoms with Crippen molar-refractivity contribution < 1.29 is 9.53 Å². The van der Waals surface area contributed by atoms with E-state index in [9.17, 15) is 4.79 Å². The lowest BCUT2D eigenvalue weighted by atomic mass is 10.1. The molecule has 5 heteroatoms. The normalized spacial score (nSPS) is 10.4. The van der Waals surface area contributed by atoms with Crippen molar-refractivity contribution in [3.05, 3.63) is 42.5 Å². The van der Waals surface area contributed by atoms with Crippen molar-refractivity contribution in [3.8, 4) is 0 Å². The number of carbonyl (C=O) groups excluding carboxylic acids is 1. The van der Waals surface area contributed by atoms with Crippen LogP contribution in [-0.4, -0.2) is 32.3 Å². The van der Waals surface area contributed by atoms with E-state index in [1.807, 2.05) is 42.5 Å². The summed E-state index contributed by atoms with van der Waals surface area (Å²) in [5.74, 6) is 0. The van der Waals surface area contributed by atoms with Crippen molar-refractivity contribution in [3.63, 3.8) is 0 Å². The van der Waals surface area contributed by atoms with Gasteiger partial charge in [-0.1, -0.05) is 36.4 Å². The van der Waals surface area contributed by atoms with Crippen LogP contribution in [0.5, 0.6) is 0 Å². The Kier molecular flexibility index (Phi) is 5.34. The van der Waals surface area contributed by atoms with Crippen molar-refractivity contribution in [1.82, 2.24) is 5.32 Å². The standard InChI is InChI=1S/C15H19N3O2/c16-8-10-20-11-9-17-15(19)18-14-7-3-5-12-4-1-2-6-13(12)14/h1-7H,8-11,16H2,(H2,17,18,19). The molecule has 2 amide bonds. The molecule has 106 valence electrons. The molecule has 0 unspecified atom stereocenters. The minimum atomic E-state index is -0.238. The number of rotatable bonds is 6. The van der Waals surface area contributed by atoms with Gasteiger partial charge in [0.05, 0.1) is 18.9 Å². The summed E-state index contributed by atoms with van der Waals surface area (Å²) in [5, 5.41) is 7.70. The second kappa shape index (κ2) is 7.47. The molecule has 0 saturated carbocycles. The van der Waals surface area contributed by atoms with Crippen molar-refractivity contribution >= 4 is 22.5 Å². The molecule has 20 heavy (non-hydrogen) atoms. The van der Waals surface area contributed by atoms with E-state index < -0.39 is 0 Å². The topological polar surface area (TPSA) is 76.4 Å². The van der Waals surface area contributed by atoms with E-state index in [2.05, 4.69) is 10.6 Å². The van der Waals surface area contributed by atoms with E-state index in [0.29, 0.717) is 26.3 Å². The van der Waals surface area contributed by atoms with Gasteiger partial charge in [0, 0.05) is 18.5 Å². The Morgan fingerprint density at radius 1 is 1.10 bits per heavy atom. The van der Waals surface area contributed by atoms with E-state index in [-0.39, 0.29) is 6.03 Å². The van der Waals surface area contributed by atoms with Crippen LogP contribution in [-0.2, 0) is 4.74 Å². The Morgan fingerprint density at radius 2 is 1.90 bits per heavy atom. The van der Waals surface area contributed by atoms with Gasteiger partial charge in [0.1, 0.15) is 0 Å². The lowest BCUT2D eigenvalue weighted by Gasteiger charge is -2.10. The molecule has 0 heterocycles. The lowest BCUT2D eigenvalue weighted by molar-refractivity contribution is 0.144. The van der Waals surface area contributed by atoms with Crippen molar-refractivity contribution in [1.29, 1.82) is 0 Å². The Balaban J connectivity index is 1.90. The second-order valence-corrected chi connectivity index (χ2v) is 4.31. The Bertz CT molecular complexity index is 567. The van der Waals surface area contributed by atoms with E-state index in [1.165, 1.54) is 0 Å². The van der Waals surface area contributed by atoms with Crippen LogP contribution in [0.15, 0.2) is 42.5 Å². The molecule has 0 fully saturated rings. The first kappa shape index (κ1) is 14.3. The monoisotopic (exact) mass is 273 g/mol. The van der Waals surface area contributed by atoms with Crippen LogP contribution in [0.1, 0.15) is 0 Å². The smallest absolute Gasteiger partial charge is 0.319 e. The maximum absolute atomic E-state index is 11.8. The van der Waals surface area contributed by atoms with E-state index >= 15 is 0 Å². The molecule has 0 aliphatic carbocycles. The first-order valence-electron chi connectivity index (χ1n) is 6.61. The molecule has 0 aliphatic rings. The highest BCUT2D eigenvalue weighted by atomic mass is 16.5. The highest BCUT2D eigenvalue weighted by Crippen LogP contribution is 2.22. The number of amides is 2. The van der Waals surface area contributed by atoms with Gasteiger partial charge in [-0.05, 0) is 11.5 Å². The maximum atomic E-state index is 11.8. The maximum Gasteiger partial charge on any atom is 0.319 e. The zero-order valence-electron chi connectivity index (χ0n) is 11.3. The van der Waals surface area contributed by atoms with Gasteiger partial charge in [-0.25, -0.2) is 4.79 Å². The molecule has 2 aromatic carbocycles. The second-order valence-electron chi connectivity index (χ2n) is 4.31. The molecule has 2 aromatic rings. The molecule has 0 saturated heterocycles. The number of benzene rings is 2. The molecule has 4 N–H and O–H groups in total. The van der Waals surface area contributed by atoms with Crippen LogP contribution in [0.2, 0.25) is 0 Å². The average Bonchev–Trinajstić information content (AvgIpc) is 2.47. The molecule has 5 nitrogen and oxygen atoms in total.